The monoisotopic (exact) mass is 281 g/mol. The number of hydrogen-bond acceptors (Lipinski definition) is 5. The second-order valence-corrected chi connectivity index (χ2v) is 4.56. The second-order valence-electron chi connectivity index (χ2n) is 4.56. The fourth-order valence-corrected chi connectivity index (χ4v) is 2.04. The SMILES string of the molecule is CN1CCCN(C(=O)c2ccnc(NN)c2F)CC1=O. The van der Waals surface area contributed by atoms with E-state index >= 15 is 0 Å². The molecule has 2 amide bonds. The van der Waals surface area contributed by atoms with Gasteiger partial charge in [-0.3, -0.25) is 9.59 Å². The van der Waals surface area contributed by atoms with Gasteiger partial charge in [-0.05, 0) is 12.5 Å². The van der Waals surface area contributed by atoms with Gasteiger partial charge < -0.3 is 15.2 Å². The van der Waals surface area contributed by atoms with Crippen molar-refractivity contribution >= 4 is 17.6 Å². The molecule has 20 heavy (non-hydrogen) atoms. The minimum Gasteiger partial charge on any atom is -0.344 e. The number of likely N-dealkylation sites (N-methyl/N-ethyl adjacent to an activating group) is 1. The fourth-order valence-electron chi connectivity index (χ4n) is 2.04. The van der Waals surface area contributed by atoms with Crippen LogP contribution in [0.15, 0.2) is 12.3 Å². The summed E-state index contributed by atoms with van der Waals surface area (Å²) >= 11 is 0. The molecular weight excluding hydrogens is 265 g/mol. The molecule has 0 aliphatic carbocycles. The lowest BCUT2D eigenvalue weighted by atomic mass is 10.2. The molecule has 8 heteroatoms. The third-order valence-electron chi connectivity index (χ3n) is 3.22. The van der Waals surface area contributed by atoms with E-state index in [1.807, 2.05) is 0 Å². The van der Waals surface area contributed by atoms with Crippen LogP contribution in [0.4, 0.5) is 10.2 Å². The van der Waals surface area contributed by atoms with Crippen molar-refractivity contribution in [3.63, 3.8) is 0 Å². The smallest absolute Gasteiger partial charge is 0.257 e. The molecule has 0 aromatic carbocycles. The summed E-state index contributed by atoms with van der Waals surface area (Å²) in [7, 11) is 1.68. The number of hydrazine groups is 1. The number of nitrogen functional groups attached to an aromatic ring is 1. The summed E-state index contributed by atoms with van der Waals surface area (Å²) in [6.07, 6.45) is 1.94. The van der Waals surface area contributed by atoms with Crippen LogP contribution in [0.3, 0.4) is 0 Å². The zero-order chi connectivity index (χ0) is 14.7. The standard InChI is InChI=1S/C12H16FN5O2/c1-17-5-2-6-18(7-9(17)19)12(20)8-3-4-15-11(16-14)10(8)13/h3-4H,2,5-7,14H2,1H3,(H,15,16). The van der Waals surface area contributed by atoms with Gasteiger partial charge in [-0.15, -0.1) is 0 Å². The number of carbonyl (C=O) groups is 2. The Morgan fingerprint density at radius 1 is 1.50 bits per heavy atom. The molecular formula is C12H16FN5O2. The summed E-state index contributed by atoms with van der Waals surface area (Å²) in [6.45, 7) is 0.932. The van der Waals surface area contributed by atoms with E-state index in [-0.39, 0.29) is 23.8 Å². The molecule has 2 heterocycles. The number of hydrogen-bond donors (Lipinski definition) is 2. The van der Waals surface area contributed by atoms with Crippen molar-refractivity contribution in [2.24, 2.45) is 5.84 Å². The zero-order valence-electron chi connectivity index (χ0n) is 11.1. The number of amides is 2. The molecule has 0 saturated carbocycles. The van der Waals surface area contributed by atoms with Crippen LogP contribution >= 0.6 is 0 Å². The van der Waals surface area contributed by atoms with Crippen LogP contribution < -0.4 is 11.3 Å². The summed E-state index contributed by atoms with van der Waals surface area (Å²) in [4.78, 5) is 30.6. The number of anilines is 1. The number of halogens is 1. The molecule has 1 aliphatic heterocycles. The third-order valence-corrected chi connectivity index (χ3v) is 3.22. The van der Waals surface area contributed by atoms with E-state index in [0.29, 0.717) is 19.5 Å². The molecule has 2 rings (SSSR count). The fraction of sp³-hybridized carbons (Fsp3) is 0.417. The van der Waals surface area contributed by atoms with Gasteiger partial charge in [0.15, 0.2) is 11.6 Å². The Balaban J connectivity index is 2.25. The predicted octanol–water partition coefficient (Wildman–Crippen LogP) is -0.189. The van der Waals surface area contributed by atoms with Crippen LogP contribution in [-0.4, -0.2) is 53.3 Å². The maximum Gasteiger partial charge on any atom is 0.257 e. The van der Waals surface area contributed by atoms with Crippen LogP contribution in [0.2, 0.25) is 0 Å². The van der Waals surface area contributed by atoms with Crippen molar-refractivity contribution in [2.45, 2.75) is 6.42 Å². The van der Waals surface area contributed by atoms with Crippen molar-refractivity contribution in [3.05, 3.63) is 23.6 Å². The normalized spacial score (nSPS) is 16.1. The topological polar surface area (TPSA) is 91.6 Å². The minimum atomic E-state index is -0.815. The van der Waals surface area contributed by atoms with E-state index in [2.05, 4.69) is 10.4 Å². The van der Waals surface area contributed by atoms with Gasteiger partial charge in [0.2, 0.25) is 5.91 Å². The molecule has 3 N–H and O–H groups in total. The molecule has 0 bridgehead atoms. The molecule has 0 radical (unpaired) electrons. The van der Waals surface area contributed by atoms with Gasteiger partial charge in [0.1, 0.15) is 6.54 Å². The van der Waals surface area contributed by atoms with E-state index in [4.69, 9.17) is 5.84 Å². The number of pyridine rings is 1. The molecule has 1 aromatic heterocycles. The highest BCUT2D eigenvalue weighted by Crippen LogP contribution is 2.17. The lowest BCUT2D eigenvalue weighted by molar-refractivity contribution is -0.129. The Morgan fingerprint density at radius 2 is 2.25 bits per heavy atom. The van der Waals surface area contributed by atoms with Crippen molar-refractivity contribution in [2.75, 3.05) is 32.1 Å². The molecule has 1 aromatic rings. The molecule has 1 saturated heterocycles. The first-order valence-corrected chi connectivity index (χ1v) is 6.19. The van der Waals surface area contributed by atoms with Gasteiger partial charge in [0.05, 0.1) is 5.56 Å². The van der Waals surface area contributed by atoms with E-state index in [0.717, 1.165) is 0 Å². The van der Waals surface area contributed by atoms with Gasteiger partial charge >= 0.3 is 0 Å². The molecule has 0 unspecified atom stereocenters. The Kier molecular flexibility index (Phi) is 4.14. The van der Waals surface area contributed by atoms with Crippen molar-refractivity contribution in [1.82, 2.24) is 14.8 Å². The van der Waals surface area contributed by atoms with Crippen LogP contribution in [0.25, 0.3) is 0 Å². The average molecular weight is 281 g/mol. The van der Waals surface area contributed by atoms with Gasteiger partial charge in [0, 0.05) is 26.3 Å². The molecule has 0 spiro atoms. The largest absolute Gasteiger partial charge is 0.344 e. The van der Waals surface area contributed by atoms with Crippen molar-refractivity contribution < 1.29 is 14.0 Å². The summed E-state index contributed by atoms with van der Waals surface area (Å²) in [5.41, 5.74) is 1.94. The highest BCUT2D eigenvalue weighted by Gasteiger charge is 2.26. The van der Waals surface area contributed by atoms with Gasteiger partial charge in [0.25, 0.3) is 5.91 Å². The Bertz CT molecular complexity index is 537. The van der Waals surface area contributed by atoms with Crippen LogP contribution in [0.1, 0.15) is 16.8 Å². The lowest BCUT2D eigenvalue weighted by Gasteiger charge is -2.20. The summed E-state index contributed by atoms with van der Waals surface area (Å²) in [6, 6.07) is 1.28. The minimum absolute atomic E-state index is 0.0531. The van der Waals surface area contributed by atoms with Crippen LogP contribution in [0, 0.1) is 5.82 Å². The molecule has 1 fully saturated rings. The first-order chi connectivity index (χ1) is 9.54. The summed E-state index contributed by atoms with van der Waals surface area (Å²) in [5, 5.41) is 0. The van der Waals surface area contributed by atoms with E-state index in [9.17, 15) is 14.0 Å². The Labute approximate surface area is 115 Å². The first kappa shape index (κ1) is 14.2. The number of nitrogens with one attached hydrogen (secondary N) is 1. The number of nitrogens with zero attached hydrogens (tertiary/aromatic N) is 3. The number of carbonyl (C=O) groups excluding carboxylic acids is 2. The second kappa shape index (κ2) is 5.83. The van der Waals surface area contributed by atoms with E-state index in [1.165, 1.54) is 17.2 Å². The first-order valence-electron chi connectivity index (χ1n) is 6.19. The van der Waals surface area contributed by atoms with Crippen molar-refractivity contribution in [3.8, 4) is 0 Å². The molecule has 1 aliphatic rings. The van der Waals surface area contributed by atoms with Crippen LogP contribution in [0.5, 0.6) is 0 Å². The average Bonchev–Trinajstić information content (AvgIpc) is 2.61. The Morgan fingerprint density at radius 3 is 2.95 bits per heavy atom. The van der Waals surface area contributed by atoms with Gasteiger partial charge in [-0.25, -0.2) is 15.2 Å². The molecule has 0 atom stereocenters. The third kappa shape index (κ3) is 2.69. The van der Waals surface area contributed by atoms with E-state index < -0.39 is 11.7 Å². The highest BCUT2D eigenvalue weighted by atomic mass is 19.1. The molecule has 7 nitrogen and oxygen atoms in total. The lowest BCUT2D eigenvalue weighted by Crippen LogP contribution is -2.38. The Hall–Kier alpha value is -2.22. The summed E-state index contributed by atoms with van der Waals surface area (Å²) in [5.74, 6) is 3.41. The molecule has 108 valence electrons. The van der Waals surface area contributed by atoms with E-state index in [1.54, 1.807) is 11.9 Å². The highest BCUT2D eigenvalue weighted by molar-refractivity contribution is 5.97. The quantitative estimate of drug-likeness (QED) is 0.579. The number of nitrogens with two attached hydrogens (primary N) is 1. The zero-order valence-corrected chi connectivity index (χ0v) is 11.1. The van der Waals surface area contributed by atoms with Gasteiger partial charge in [-0.2, -0.15) is 0 Å². The van der Waals surface area contributed by atoms with Crippen molar-refractivity contribution in [1.29, 1.82) is 0 Å². The maximum absolute atomic E-state index is 14.0. The van der Waals surface area contributed by atoms with Gasteiger partial charge in [-0.1, -0.05) is 0 Å². The number of rotatable bonds is 2. The van der Waals surface area contributed by atoms with Crippen LogP contribution in [-0.2, 0) is 4.79 Å². The maximum atomic E-state index is 14.0. The number of aromatic nitrogens is 1. The summed E-state index contributed by atoms with van der Waals surface area (Å²) < 4.78 is 14.0. The predicted molar refractivity (Wildman–Crippen MR) is 70.2 cm³/mol.